The Kier molecular flexibility index (Phi) is 4.21. The first kappa shape index (κ1) is 18.0. The molecule has 4 heterocycles. The number of likely N-dealkylation sites (N-methyl/N-ethyl adjacent to an activating group) is 1. The summed E-state index contributed by atoms with van der Waals surface area (Å²) in [5.74, 6) is -0.888. The highest BCUT2D eigenvalue weighted by Crippen LogP contribution is 2.26. The fourth-order valence-electron chi connectivity index (χ4n) is 3.63. The van der Waals surface area contributed by atoms with Crippen molar-refractivity contribution in [2.45, 2.75) is 0 Å². The van der Waals surface area contributed by atoms with E-state index in [2.05, 4.69) is 19.9 Å². The van der Waals surface area contributed by atoms with Crippen LogP contribution in [0.1, 0.15) is 10.4 Å². The fraction of sp³-hybridized carbons (Fsp3) is 0.250. The van der Waals surface area contributed by atoms with Gasteiger partial charge in [-0.2, -0.15) is 0 Å². The highest BCUT2D eigenvalue weighted by atomic mass is 32.1. The van der Waals surface area contributed by atoms with Crippen molar-refractivity contribution in [3.63, 3.8) is 0 Å². The van der Waals surface area contributed by atoms with E-state index in [1.54, 1.807) is 17.0 Å². The van der Waals surface area contributed by atoms with Gasteiger partial charge in [-0.05, 0) is 25.2 Å². The molecule has 1 saturated heterocycles. The zero-order valence-corrected chi connectivity index (χ0v) is 16.5. The smallest absolute Gasteiger partial charge is 0.276 e. The van der Waals surface area contributed by atoms with Crippen LogP contribution in [0.4, 0.5) is 4.39 Å². The number of hydrogen-bond donors (Lipinski definition) is 2. The van der Waals surface area contributed by atoms with E-state index in [1.807, 2.05) is 17.8 Å². The van der Waals surface area contributed by atoms with Crippen molar-refractivity contribution in [2.24, 2.45) is 0 Å². The van der Waals surface area contributed by atoms with Gasteiger partial charge < -0.3 is 19.8 Å². The van der Waals surface area contributed by atoms with Gasteiger partial charge in [0.25, 0.3) is 11.5 Å². The maximum absolute atomic E-state index is 14.7. The molecule has 0 saturated carbocycles. The van der Waals surface area contributed by atoms with Gasteiger partial charge in [0.1, 0.15) is 5.82 Å². The minimum absolute atomic E-state index is 0.0442. The van der Waals surface area contributed by atoms with Crippen LogP contribution >= 0.6 is 11.3 Å². The lowest BCUT2D eigenvalue weighted by Gasteiger charge is -2.32. The SMILES string of the molecule is CN1CCN(C(=O)c2cc3cc(-c4nc5cscc5[nH]c4=O)[nH]c3cc2F)CC1. The van der Waals surface area contributed by atoms with Crippen molar-refractivity contribution in [3.8, 4) is 11.4 Å². The molecule has 0 spiro atoms. The minimum Gasteiger partial charge on any atom is -0.353 e. The number of fused-ring (bicyclic) bond motifs is 2. The molecule has 1 fully saturated rings. The van der Waals surface area contributed by atoms with Gasteiger partial charge in [-0.3, -0.25) is 9.59 Å². The average molecular weight is 411 g/mol. The number of thiophene rings is 1. The van der Waals surface area contributed by atoms with Crippen molar-refractivity contribution < 1.29 is 9.18 Å². The number of aromatic amines is 2. The number of amides is 1. The summed E-state index contributed by atoms with van der Waals surface area (Å²) in [7, 11) is 2.00. The van der Waals surface area contributed by atoms with Crippen LogP contribution in [0, 0.1) is 5.82 Å². The van der Waals surface area contributed by atoms with Crippen molar-refractivity contribution in [2.75, 3.05) is 33.2 Å². The van der Waals surface area contributed by atoms with Gasteiger partial charge in [0, 0.05) is 47.8 Å². The highest BCUT2D eigenvalue weighted by Gasteiger charge is 2.24. The number of hydrogen-bond acceptors (Lipinski definition) is 5. The van der Waals surface area contributed by atoms with E-state index in [-0.39, 0.29) is 22.7 Å². The lowest BCUT2D eigenvalue weighted by Crippen LogP contribution is -2.47. The maximum Gasteiger partial charge on any atom is 0.276 e. The molecule has 29 heavy (non-hydrogen) atoms. The molecule has 7 nitrogen and oxygen atoms in total. The third-order valence-electron chi connectivity index (χ3n) is 5.32. The van der Waals surface area contributed by atoms with Crippen LogP contribution in [-0.4, -0.2) is 63.9 Å². The molecule has 2 N–H and O–H groups in total. The summed E-state index contributed by atoms with van der Waals surface area (Å²) < 4.78 is 14.7. The molecule has 0 unspecified atom stereocenters. The third kappa shape index (κ3) is 3.12. The number of piperazine rings is 1. The summed E-state index contributed by atoms with van der Waals surface area (Å²) in [6.07, 6.45) is 0. The first-order valence-electron chi connectivity index (χ1n) is 9.26. The number of nitrogens with one attached hydrogen (secondary N) is 2. The molecule has 0 atom stereocenters. The van der Waals surface area contributed by atoms with Gasteiger partial charge in [-0.25, -0.2) is 9.37 Å². The van der Waals surface area contributed by atoms with Crippen LogP contribution in [0.3, 0.4) is 0 Å². The zero-order chi connectivity index (χ0) is 20.1. The molecule has 0 radical (unpaired) electrons. The molecule has 1 aliphatic heterocycles. The summed E-state index contributed by atoms with van der Waals surface area (Å²) in [6.45, 7) is 2.68. The Morgan fingerprint density at radius 3 is 2.69 bits per heavy atom. The van der Waals surface area contributed by atoms with Crippen LogP contribution in [0.15, 0.2) is 33.8 Å². The number of halogens is 1. The first-order valence-corrected chi connectivity index (χ1v) is 10.2. The highest BCUT2D eigenvalue weighted by molar-refractivity contribution is 7.09. The van der Waals surface area contributed by atoms with Crippen molar-refractivity contribution in [1.82, 2.24) is 24.8 Å². The van der Waals surface area contributed by atoms with Crippen molar-refractivity contribution in [3.05, 3.63) is 50.7 Å². The van der Waals surface area contributed by atoms with E-state index in [0.29, 0.717) is 40.7 Å². The molecule has 3 aromatic heterocycles. The number of carbonyl (C=O) groups is 1. The molecule has 0 bridgehead atoms. The number of H-pyrrole nitrogens is 2. The summed E-state index contributed by atoms with van der Waals surface area (Å²) in [5.41, 5.74) is 2.34. The van der Waals surface area contributed by atoms with Crippen LogP contribution in [0.25, 0.3) is 33.3 Å². The Balaban J connectivity index is 1.54. The summed E-state index contributed by atoms with van der Waals surface area (Å²) >= 11 is 1.45. The van der Waals surface area contributed by atoms with E-state index >= 15 is 0 Å². The topological polar surface area (TPSA) is 85.1 Å². The molecule has 9 heteroatoms. The van der Waals surface area contributed by atoms with Gasteiger partial charge in [-0.1, -0.05) is 0 Å². The van der Waals surface area contributed by atoms with Crippen molar-refractivity contribution >= 4 is 39.2 Å². The second kappa shape index (κ2) is 6.78. The molecule has 148 valence electrons. The summed E-state index contributed by atoms with van der Waals surface area (Å²) in [6, 6.07) is 4.58. The van der Waals surface area contributed by atoms with Crippen molar-refractivity contribution in [1.29, 1.82) is 0 Å². The predicted octanol–water partition coefficient (Wildman–Crippen LogP) is 2.66. The Hall–Kier alpha value is -3.04. The fourth-order valence-corrected chi connectivity index (χ4v) is 4.32. The average Bonchev–Trinajstić information content (AvgIpc) is 3.32. The number of benzene rings is 1. The maximum atomic E-state index is 14.7. The van der Waals surface area contributed by atoms with Gasteiger partial charge in [-0.15, -0.1) is 11.3 Å². The molecular formula is C20H18FN5O2S. The Labute approximate surface area is 168 Å². The Morgan fingerprint density at radius 1 is 1.10 bits per heavy atom. The second-order valence-corrected chi connectivity index (χ2v) is 8.03. The largest absolute Gasteiger partial charge is 0.353 e. The van der Waals surface area contributed by atoms with E-state index < -0.39 is 5.82 Å². The van der Waals surface area contributed by atoms with E-state index in [9.17, 15) is 14.0 Å². The van der Waals surface area contributed by atoms with Crippen LogP contribution < -0.4 is 5.56 Å². The number of aromatic nitrogens is 3. The predicted molar refractivity (Wildman–Crippen MR) is 111 cm³/mol. The third-order valence-corrected chi connectivity index (χ3v) is 6.05. The summed E-state index contributed by atoms with van der Waals surface area (Å²) in [4.78, 5) is 39.3. The number of nitrogens with zero attached hydrogens (tertiary/aromatic N) is 3. The number of rotatable bonds is 2. The monoisotopic (exact) mass is 411 g/mol. The minimum atomic E-state index is -0.579. The van der Waals surface area contributed by atoms with Gasteiger partial charge in [0.15, 0.2) is 5.69 Å². The normalized spacial score (nSPS) is 15.4. The zero-order valence-electron chi connectivity index (χ0n) is 15.7. The Bertz CT molecular complexity index is 1300. The lowest BCUT2D eigenvalue weighted by molar-refractivity contribution is 0.0659. The quantitative estimate of drug-likeness (QED) is 0.531. The van der Waals surface area contributed by atoms with E-state index in [4.69, 9.17) is 0 Å². The van der Waals surface area contributed by atoms with Crippen LogP contribution in [0.2, 0.25) is 0 Å². The Morgan fingerprint density at radius 2 is 1.90 bits per heavy atom. The molecule has 5 rings (SSSR count). The number of carbonyl (C=O) groups excluding carboxylic acids is 1. The molecule has 1 aliphatic rings. The second-order valence-electron chi connectivity index (χ2n) is 7.28. The van der Waals surface area contributed by atoms with Crippen LogP contribution in [0.5, 0.6) is 0 Å². The lowest BCUT2D eigenvalue weighted by atomic mass is 10.1. The van der Waals surface area contributed by atoms with E-state index in [0.717, 1.165) is 13.1 Å². The summed E-state index contributed by atoms with van der Waals surface area (Å²) in [5, 5.41) is 4.33. The van der Waals surface area contributed by atoms with E-state index in [1.165, 1.54) is 17.4 Å². The van der Waals surface area contributed by atoms with Gasteiger partial charge in [0.05, 0.1) is 22.3 Å². The molecule has 4 aromatic rings. The molecule has 1 aromatic carbocycles. The van der Waals surface area contributed by atoms with Crippen LogP contribution in [-0.2, 0) is 0 Å². The van der Waals surface area contributed by atoms with Gasteiger partial charge >= 0.3 is 0 Å². The standard InChI is InChI=1S/C20H18FN5O2S/c1-25-2-4-26(5-3-25)20(28)12-6-11-7-15(22-14(11)8-13(12)21)18-19(27)24-17-10-29-9-16(17)23-18/h6-10,22H,2-5H2,1H3,(H,24,27). The molecule has 0 aliphatic carbocycles. The first-order chi connectivity index (χ1) is 14.0. The van der Waals surface area contributed by atoms with Gasteiger partial charge in [0.2, 0.25) is 0 Å². The molecular weight excluding hydrogens is 393 g/mol. The molecule has 1 amide bonds.